The quantitative estimate of drug-likeness (QED) is 0.743. The van der Waals surface area contributed by atoms with Gasteiger partial charge in [0.25, 0.3) is 0 Å². The first-order valence-electron chi connectivity index (χ1n) is 7.04. The van der Waals surface area contributed by atoms with Crippen LogP contribution < -0.4 is 10.6 Å². The van der Waals surface area contributed by atoms with Crippen molar-refractivity contribution in [3.63, 3.8) is 0 Å². The molecule has 0 aliphatic heterocycles. The summed E-state index contributed by atoms with van der Waals surface area (Å²) >= 11 is 0. The van der Waals surface area contributed by atoms with Gasteiger partial charge < -0.3 is 15.7 Å². The fourth-order valence-electron chi connectivity index (χ4n) is 1.97. The number of carbonyl (C=O) groups is 2. The lowest BCUT2D eigenvalue weighted by molar-refractivity contribution is -0.137. The second-order valence-corrected chi connectivity index (χ2v) is 5.06. The van der Waals surface area contributed by atoms with Gasteiger partial charge in [-0.3, -0.25) is 9.59 Å². The largest absolute Gasteiger partial charge is 0.416 e. The maximum absolute atomic E-state index is 12.5. The van der Waals surface area contributed by atoms with Crippen LogP contribution in [0.5, 0.6) is 0 Å². The fraction of sp³-hybridized carbons (Fsp3) is 0.467. The molecule has 128 valence electrons. The molecule has 8 heteroatoms. The standard InChI is InChI=1S/C15H19F3N2O3/c1-3-12(20-13(22)8-19-9(2)21)14(23)10-4-6-11(7-5-10)15(16,17)18/h4-7,12,14,23H,3,8H2,1-2H3,(H,19,21)(H,20,22). The molecule has 23 heavy (non-hydrogen) atoms. The highest BCUT2D eigenvalue weighted by Gasteiger charge is 2.30. The van der Waals surface area contributed by atoms with E-state index >= 15 is 0 Å². The van der Waals surface area contributed by atoms with Crippen LogP contribution in [-0.2, 0) is 15.8 Å². The Bertz CT molecular complexity index is 544. The molecule has 2 atom stereocenters. The van der Waals surface area contributed by atoms with Crippen molar-refractivity contribution >= 4 is 11.8 Å². The van der Waals surface area contributed by atoms with Gasteiger partial charge in [-0.05, 0) is 24.1 Å². The van der Waals surface area contributed by atoms with Crippen molar-refractivity contribution in [2.45, 2.75) is 38.6 Å². The Morgan fingerprint density at radius 1 is 1.22 bits per heavy atom. The minimum absolute atomic E-state index is 0.231. The van der Waals surface area contributed by atoms with Crippen LogP contribution in [0.15, 0.2) is 24.3 Å². The molecule has 1 aromatic carbocycles. The Morgan fingerprint density at radius 3 is 2.22 bits per heavy atom. The number of aliphatic hydroxyl groups excluding tert-OH is 1. The molecule has 0 aliphatic rings. The molecule has 3 N–H and O–H groups in total. The van der Waals surface area contributed by atoms with Crippen LogP contribution in [0.1, 0.15) is 37.5 Å². The number of hydrogen-bond acceptors (Lipinski definition) is 3. The highest BCUT2D eigenvalue weighted by Crippen LogP contribution is 2.30. The minimum Gasteiger partial charge on any atom is -0.386 e. The van der Waals surface area contributed by atoms with Gasteiger partial charge >= 0.3 is 6.18 Å². The lowest BCUT2D eigenvalue weighted by Gasteiger charge is -2.23. The van der Waals surface area contributed by atoms with E-state index in [0.29, 0.717) is 6.42 Å². The zero-order chi connectivity index (χ0) is 17.6. The number of benzene rings is 1. The molecule has 2 unspecified atom stereocenters. The highest BCUT2D eigenvalue weighted by atomic mass is 19.4. The van der Waals surface area contributed by atoms with Gasteiger partial charge in [0.1, 0.15) is 0 Å². The predicted octanol–water partition coefficient (Wildman–Crippen LogP) is 1.77. The number of amides is 2. The molecular weight excluding hydrogens is 313 g/mol. The maximum atomic E-state index is 12.5. The van der Waals surface area contributed by atoms with Gasteiger partial charge in [0.2, 0.25) is 11.8 Å². The van der Waals surface area contributed by atoms with Gasteiger partial charge in [0.05, 0.1) is 24.3 Å². The molecule has 0 bridgehead atoms. The Balaban J connectivity index is 2.74. The van der Waals surface area contributed by atoms with E-state index in [1.807, 2.05) is 0 Å². The summed E-state index contributed by atoms with van der Waals surface area (Å²) in [7, 11) is 0. The molecule has 0 heterocycles. The van der Waals surface area contributed by atoms with Crippen LogP contribution in [0.25, 0.3) is 0 Å². The number of carbonyl (C=O) groups excluding carboxylic acids is 2. The topological polar surface area (TPSA) is 78.4 Å². The summed E-state index contributed by atoms with van der Waals surface area (Å²) in [6.07, 6.45) is -5.22. The third kappa shape index (κ3) is 5.90. The highest BCUT2D eigenvalue weighted by molar-refractivity contribution is 5.83. The summed E-state index contributed by atoms with van der Waals surface area (Å²) < 4.78 is 37.5. The van der Waals surface area contributed by atoms with Crippen LogP contribution in [0, 0.1) is 0 Å². The number of alkyl halides is 3. The third-order valence-electron chi connectivity index (χ3n) is 3.24. The number of rotatable bonds is 6. The molecule has 5 nitrogen and oxygen atoms in total. The van der Waals surface area contributed by atoms with E-state index < -0.39 is 29.8 Å². The Hall–Kier alpha value is -2.09. The zero-order valence-corrected chi connectivity index (χ0v) is 12.8. The molecule has 0 radical (unpaired) electrons. The Morgan fingerprint density at radius 2 is 1.78 bits per heavy atom. The summed E-state index contributed by atoms with van der Waals surface area (Å²) in [6.45, 7) is 2.75. The molecule has 0 saturated heterocycles. The van der Waals surface area contributed by atoms with E-state index in [0.717, 1.165) is 12.1 Å². The van der Waals surface area contributed by atoms with Crippen LogP contribution >= 0.6 is 0 Å². The van der Waals surface area contributed by atoms with Crippen LogP contribution in [0.3, 0.4) is 0 Å². The SMILES string of the molecule is CCC(NC(=O)CNC(C)=O)C(O)c1ccc(C(F)(F)F)cc1. The molecule has 2 amide bonds. The van der Waals surface area contributed by atoms with Crippen LogP contribution in [-0.4, -0.2) is 29.5 Å². The van der Waals surface area contributed by atoms with Gasteiger partial charge in [-0.1, -0.05) is 19.1 Å². The first-order valence-corrected chi connectivity index (χ1v) is 7.04. The summed E-state index contributed by atoms with van der Waals surface area (Å²) in [5.41, 5.74) is -0.541. The predicted molar refractivity (Wildman–Crippen MR) is 77.3 cm³/mol. The number of hydrogen-bond donors (Lipinski definition) is 3. The van der Waals surface area contributed by atoms with Crippen molar-refractivity contribution in [3.05, 3.63) is 35.4 Å². The molecule has 1 rings (SSSR count). The second-order valence-electron chi connectivity index (χ2n) is 5.06. The van der Waals surface area contributed by atoms with E-state index in [4.69, 9.17) is 0 Å². The average Bonchev–Trinajstić information content (AvgIpc) is 2.49. The monoisotopic (exact) mass is 332 g/mol. The summed E-state index contributed by atoms with van der Waals surface area (Å²) in [5, 5.41) is 15.1. The number of nitrogens with one attached hydrogen (secondary N) is 2. The number of halogens is 3. The van der Waals surface area contributed by atoms with Crippen molar-refractivity contribution < 1.29 is 27.9 Å². The molecular formula is C15H19F3N2O3. The van der Waals surface area contributed by atoms with Gasteiger partial charge in [0, 0.05) is 6.92 Å². The third-order valence-corrected chi connectivity index (χ3v) is 3.24. The van der Waals surface area contributed by atoms with E-state index in [9.17, 15) is 27.9 Å². The van der Waals surface area contributed by atoms with Crippen molar-refractivity contribution in [2.24, 2.45) is 0 Å². The van der Waals surface area contributed by atoms with Gasteiger partial charge in [-0.2, -0.15) is 13.2 Å². The minimum atomic E-state index is -4.44. The first-order chi connectivity index (χ1) is 10.6. The number of aliphatic hydroxyl groups is 1. The summed E-state index contributed by atoms with van der Waals surface area (Å²) in [6, 6.07) is 3.44. The first kappa shape index (κ1) is 19.0. The summed E-state index contributed by atoms with van der Waals surface area (Å²) in [4.78, 5) is 22.4. The van der Waals surface area contributed by atoms with E-state index in [1.54, 1.807) is 6.92 Å². The molecule has 0 aliphatic carbocycles. The molecule has 1 aromatic rings. The second kappa shape index (κ2) is 7.96. The van der Waals surface area contributed by atoms with Crippen LogP contribution in [0.4, 0.5) is 13.2 Å². The normalized spacial score (nSPS) is 14.0. The fourth-order valence-corrected chi connectivity index (χ4v) is 1.97. The molecule has 0 aromatic heterocycles. The van der Waals surface area contributed by atoms with Crippen molar-refractivity contribution in [1.82, 2.24) is 10.6 Å². The lowest BCUT2D eigenvalue weighted by atomic mass is 9.99. The van der Waals surface area contributed by atoms with Gasteiger partial charge in [-0.25, -0.2) is 0 Å². The Kier molecular flexibility index (Phi) is 6.56. The van der Waals surface area contributed by atoms with Gasteiger partial charge in [0.15, 0.2) is 0 Å². The molecule has 0 spiro atoms. The maximum Gasteiger partial charge on any atom is 0.416 e. The Labute approximate surface area is 131 Å². The average molecular weight is 332 g/mol. The van der Waals surface area contributed by atoms with E-state index in [2.05, 4.69) is 10.6 Å². The van der Waals surface area contributed by atoms with Gasteiger partial charge in [-0.15, -0.1) is 0 Å². The van der Waals surface area contributed by atoms with Crippen molar-refractivity contribution in [2.75, 3.05) is 6.54 Å². The smallest absolute Gasteiger partial charge is 0.386 e. The van der Waals surface area contributed by atoms with Crippen LogP contribution in [0.2, 0.25) is 0 Å². The van der Waals surface area contributed by atoms with E-state index in [-0.39, 0.29) is 18.0 Å². The zero-order valence-electron chi connectivity index (χ0n) is 12.8. The summed E-state index contributed by atoms with van der Waals surface area (Å²) in [5.74, 6) is -0.852. The van der Waals surface area contributed by atoms with Crippen molar-refractivity contribution in [1.29, 1.82) is 0 Å². The molecule has 0 saturated carbocycles. The van der Waals surface area contributed by atoms with Crippen molar-refractivity contribution in [3.8, 4) is 0 Å². The lowest BCUT2D eigenvalue weighted by Crippen LogP contribution is -2.43. The van der Waals surface area contributed by atoms with E-state index in [1.165, 1.54) is 19.1 Å². The molecule has 0 fully saturated rings.